The molecule has 0 aliphatic heterocycles. The van der Waals surface area contributed by atoms with E-state index in [1.165, 1.54) is 12.8 Å². The first-order valence-electron chi connectivity index (χ1n) is 7.36. The highest BCUT2D eigenvalue weighted by molar-refractivity contribution is 9.10. The second-order valence-electron chi connectivity index (χ2n) is 5.81. The molecule has 3 nitrogen and oxygen atoms in total. The summed E-state index contributed by atoms with van der Waals surface area (Å²) in [6.07, 6.45) is 6.41. The molecule has 0 saturated heterocycles. The lowest BCUT2D eigenvalue weighted by Crippen LogP contribution is -2.35. The van der Waals surface area contributed by atoms with Crippen LogP contribution >= 0.6 is 28.1 Å². The molecule has 20 heavy (non-hydrogen) atoms. The quantitative estimate of drug-likeness (QED) is 0.777. The zero-order valence-corrected chi connectivity index (χ0v) is 14.9. The van der Waals surface area contributed by atoms with Gasteiger partial charge in [0.2, 0.25) is 0 Å². The van der Waals surface area contributed by atoms with Gasteiger partial charge in [-0.25, -0.2) is 4.98 Å². The molecule has 1 aliphatic rings. The van der Waals surface area contributed by atoms with Gasteiger partial charge in [0.15, 0.2) is 0 Å². The monoisotopic (exact) mass is 358 g/mol. The molecule has 0 amide bonds. The summed E-state index contributed by atoms with van der Waals surface area (Å²) in [6.45, 7) is 4.47. The van der Waals surface area contributed by atoms with E-state index in [1.807, 2.05) is 0 Å². The minimum absolute atomic E-state index is 0.288. The molecule has 112 valence electrons. The van der Waals surface area contributed by atoms with Crippen LogP contribution in [0.1, 0.15) is 57.5 Å². The van der Waals surface area contributed by atoms with E-state index < -0.39 is 0 Å². The number of aromatic nitrogens is 2. The van der Waals surface area contributed by atoms with Crippen LogP contribution in [0.25, 0.3) is 0 Å². The molecule has 1 saturated carbocycles. The molecule has 0 atom stereocenters. The van der Waals surface area contributed by atoms with Crippen molar-refractivity contribution >= 4 is 28.1 Å². The second kappa shape index (κ2) is 6.67. The topological polar surface area (TPSA) is 37.9 Å². The number of aromatic amines is 1. The summed E-state index contributed by atoms with van der Waals surface area (Å²) in [5, 5.41) is 0. The highest BCUT2D eigenvalue weighted by Crippen LogP contribution is 2.41. The second-order valence-corrected chi connectivity index (χ2v) is 6.99. The number of nitrogens with zero attached hydrogens (tertiary/aromatic N) is 1. The third-order valence-corrected chi connectivity index (χ3v) is 5.75. The predicted molar refractivity (Wildman–Crippen MR) is 87.4 cm³/mol. The zero-order valence-electron chi connectivity index (χ0n) is 12.5. The smallest absolute Gasteiger partial charge is 0.144 e. The standard InChI is InChI=1S/C15H23BrN2OS/c1-4-5-11-12(16)13(20)18-14(17-11)15(19-3)8-6-10(2)7-9-15/h10H,4-9H2,1-3H3,(H,17,18,20). The number of aryl methyl sites for hydroxylation is 1. The van der Waals surface area contributed by atoms with Gasteiger partial charge in [-0.2, -0.15) is 0 Å². The van der Waals surface area contributed by atoms with Gasteiger partial charge >= 0.3 is 0 Å². The number of rotatable bonds is 4. The van der Waals surface area contributed by atoms with E-state index in [1.54, 1.807) is 7.11 Å². The Morgan fingerprint density at radius 2 is 2.10 bits per heavy atom. The average molecular weight is 359 g/mol. The first-order chi connectivity index (χ1) is 9.52. The Morgan fingerprint density at radius 1 is 1.45 bits per heavy atom. The van der Waals surface area contributed by atoms with E-state index in [-0.39, 0.29) is 5.60 Å². The first kappa shape index (κ1) is 16.1. The summed E-state index contributed by atoms with van der Waals surface area (Å²) < 4.78 is 7.45. The minimum atomic E-state index is -0.288. The Morgan fingerprint density at radius 3 is 2.65 bits per heavy atom. The van der Waals surface area contributed by atoms with Crippen molar-refractivity contribution in [2.24, 2.45) is 5.92 Å². The molecule has 1 N–H and O–H groups in total. The SMILES string of the molecule is CCCc1[nH]c(C2(OC)CCC(C)CC2)nc(=S)c1Br. The van der Waals surface area contributed by atoms with Gasteiger partial charge in [-0.15, -0.1) is 0 Å². The molecule has 0 spiro atoms. The van der Waals surface area contributed by atoms with E-state index in [0.717, 1.165) is 47.6 Å². The van der Waals surface area contributed by atoms with Gasteiger partial charge < -0.3 is 9.72 Å². The van der Waals surface area contributed by atoms with Crippen molar-refractivity contribution in [3.05, 3.63) is 20.6 Å². The number of halogens is 1. The number of nitrogens with one attached hydrogen (secondary N) is 1. The lowest BCUT2D eigenvalue weighted by molar-refractivity contribution is -0.0599. The third kappa shape index (κ3) is 3.15. The molecular formula is C15H23BrN2OS. The summed E-state index contributed by atoms with van der Waals surface area (Å²) in [6, 6.07) is 0. The molecule has 0 bridgehead atoms. The van der Waals surface area contributed by atoms with E-state index in [9.17, 15) is 0 Å². The van der Waals surface area contributed by atoms with Gasteiger partial charge in [-0.3, -0.25) is 0 Å². The minimum Gasteiger partial charge on any atom is -0.370 e. The predicted octanol–water partition coefficient (Wildman–Crippen LogP) is 4.91. The summed E-state index contributed by atoms with van der Waals surface area (Å²) >= 11 is 8.95. The fourth-order valence-corrected chi connectivity index (χ4v) is 3.51. The number of hydrogen-bond acceptors (Lipinski definition) is 3. The van der Waals surface area contributed by atoms with E-state index in [4.69, 9.17) is 17.0 Å². The van der Waals surface area contributed by atoms with Crippen molar-refractivity contribution in [3.8, 4) is 0 Å². The highest BCUT2D eigenvalue weighted by Gasteiger charge is 2.38. The Bertz CT molecular complexity index is 521. The average Bonchev–Trinajstić information content (AvgIpc) is 2.45. The third-order valence-electron chi connectivity index (χ3n) is 4.34. The van der Waals surface area contributed by atoms with Gasteiger partial charge in [0.1, 0.15) is 16.1 Å². The Balaban J connectivity index is 2.42. The number of hydrogen-bond donors (Lipinski definition) is 1. The number of H-pyrrole nitrogens is 1. The molecule has 1 aromatic heterocycles. The molecule has 1 aliphatic carbocycles. The maximum absolute atomic E-state index is 5.89. The molecule has 0 radical (unpaired) electrons. The van der Waals surface area contributed by atoms with Gasteiger partial charge in [0.25, 0.3) is 0 Å². The fourth-order valence-electron chi connectivity index (χ4n) is 2.91. The lowest BCUT2D eigenvalue weighted by atomic mass is 9.79. The fraction of sp³-hybridized carbons (Fsp3) is 0.733. The maximum Gasteiger partial charge on any atom is 0.144 e. The van der Waals surface area contributed by atoms with E-state index in [2.05, 4.69) is 39.7 Å². The van der Waals surface area contributed by atoms with E-state index in [0.29, 0.717) is 4.64 Å². The van der Waals surface area contributed by atoms with Crippen molar-refractivity contribution in [1.29, 1.82) is 0 Å². The maximum atomic E-state index is 5.89. The van der Waals surface area contributed by atoms with Crippen molar-refractivity contribution in [2.45, 2.75) is 58.0 Å². The molecule has 0 unspecified atom stereocenters. The van der Waals surface area contributed by atoms with Crippen LogP contribution in [0.5, 0.6) is 0 Å². The van der Waals surface area contributed by atoms with Crippen LogP contribution in [-0.2, 0) is 16.8 Å². The lowest BCUT2D eigenvalue weighted by Gasteiger charge is -2.37. The summed E-state index contributed by atoms with van der Waals surface area (Å²) in [7, 11) is 1.79. The van der Waals surface area contributed by atoms with Crippen LogP contribution < -0.4 is 0 Å². The molecule has 1 aromatic rings. The van der Waals surface area contributed by atoms with Gasteiger partial charge in [-0.1, -0.05) is 32.5 Å². The Hall–Kier alpha value is -0.260. The van der Waals surface area contributed by atoms with Gasteiger partial charge in [0.05, 0.1) is 4.47 Å². The zero-order chi connectivity index (χ0) is 14.8. The van der Waals surface area contributed by atoms with Crippen LogP contribution in [0.4, 0.5) is 0 Å². The summed E-state index contributed by atoms with van der Waals surface area (Å²) in [5.41, 5.74) is 0.848. The highest BCUT2D eigenvalue weighted by atomic mass is 79.9. The van der Waals surface area contributed by atoms with Crippen LogP contribution in [-0.4, -0.2) is 17.1 Å². The largest absolute Gasteiger partial charge is 0.370 e. The summed E-state index contributed by atoms with van der Waals surface area (Å²) in [5.74, 6) is 1.68. The van der Waals surface area contributed by atoms with Crippen LogP contribution in [0.2, 0.25) is 0 Å². The molecule has 2 rings (SSSR count). The summed E-state index contributed by atoms with van der Waals surface area (Å²) in [4.78, 5) is 8.08. The van der Waals surface area contributed by atoms with Crippen molar-refractivity contribution in [3.63, 3.8) is 0 Å². The van der Waals surface area contributed by atoms with Crippen molar-refractivity contribution in [1.82, 2.24) is 9.97 Å². The van der Waals surface area contributed by atoms with Gasteiger partial charge in [-0.05, 0) is 54.0 Å². The molecule has 1 heterocycles. The van der Waals surface area contributed by atoms with Crippen molar-refractivity contribution in [2.75, 3.05) is 7.11 Å². The van der Waals surface area contributed by atoms with Gasteiger partial charge in [0, 0.05) is 12.8 Å². The molecule has 5 heteroatoms. The molecule has 0 aromatic carbocycles. The normalized spacial score (nSPS) is 26.7. The Labute approximate surface area is 134 Å². The number of methoxy groups -OCH3 is 1. The van der Waals surface area contributed by atoms with Crippen LogP contribution in [0.15, 0.2) is 4.47 Å². The van der Waals surface area contributed by atoms with E-state index >= 15 is 0 Å². The molecule has 1 fully saturated rings. The first-order valence-corrected chi connectivity index (χ1v) is 8.57. The number of ether oxygens (including phenoxy) is 1. The van der Waals surface area contributed by atoms with Crippen LogP contribution in [0.3, 0.4) is 0 Å². The van der Waals surface area contributed by atoms with Crippen LogP contribution in [0, 0.1) is 10.6 Å². The Kier molecular flexibility index (Phi) is 5.37. The molecular weight excluding hydrogens is 336 g/mol. The van der Waals surface area contributed by atoms with Crippen molar-refractivity contribution < 1.29 is 4.74 Å².